The summed E-state index contributed by atoms with van der Waals surface area (Å²) < 4.78 is 1.68. The molecule has 0 spiro atoms. The van der Waals surface area contributed by atoms with E-state index in [9.17, 15) is 4.79 Å². The van der Waals surface area contributed by atoms with Crippen LogP contribution in [0, 0.1) is 5.92 Å². The molecular weight excluding hydrogens is 352 g/mol. The van der Waals surface area contributed by atoms with Crippen LogP contribution < -0.4 is 10.6 Å². The van der Waals surface area contributed by atoms with Gasteiger partial charge in [-0.2, -0.15) is 5.10 Å². The highest BCUT2D eigenvalue weighted by atomic mass is 16.2. The zero-order valence-electron chi connectivity index (χ0n) is 17.1. The second-order valence-corrected chi connectivity index (χ2v) is 8.34. The summed E-state index contributed by atoms with van der Waals surface area (Å²) in [5, 5.41) is 11.5. The van der Waals surface area contributed by atoms with E-state index in [-0.39, 0.29) is 11.9 Å². The number of carbonyl (C=O) groups excluding carboxylic acids is 1. The molecule has 3 heterocycles. The molecule has 0 radical (unpaired) electrons. The molecule has 0 bridgehead atoms. The number of aromatic nitrogens is 3. The van der Waals surface area contributed by atoms with Gasteiger partial charge in [0.05, 0.1) is 5.39 Å². The van der Waals surface area contributed by atoms with Gasteiger partial charge in [0.15, 0.2) is 11.3 Å². The van der Waals surface area contributed by atoms with Crippen molar-refractivity contribution in [1.29, 1.82) is 0 Å². The van der Waals surface area contributed by atoms with Crippen molar-refractivity contribution >= 4 is 22.8 Å². The van der Waals surface area contributed by atoms with Crippen LogP contribution in [0.25, 0.3) is 11.0 Å². The second kappa shape index (κ2) is 8.47. The number of hydrogen-bond donors (Lipinski definition) is 2. The van der Waals surface area contributed by atoms with Crippen molar-refractivity contribution in [2.24, 2.45) is 13.0 Å². The fourth-order valence-corrected chi connectivity index (χ4v) is 4.69. The molecule has 1 amide bonds. The standard InChI is InChI=1S/C21H32N6O/c1-22-18-9-8-17-19(25-26(2)20(17)24-18)21(28)23-16-10-12-27(13-11-16)14-15-6-4-3-5-7-15/h8-9,15-16H,3-7,10-14H2,1-2H3,(H,22,24)(H,23,28). The van der Waals surface area contributed by atoms with E-state index in [1.54, 1.807) is 4.68 Å². The van der Waals surface area contributed by atoms with Crippen LogP contribution in [0.1, 0.15) is 55.4 Å². The number of carbonyl (C=O) groups is 1. The van der Waals surface area contributed by atoms with E-state index in [1.165, 1.54) is 38.6 Å². The van der Waals surface area contributed by atoms with Crippen molar-refractivity contribution < 1.29 is 4.79 Å². The number of aryl methyl sites for hydroxylation is 1. The third-order valence-electron chi connectivity index (χ3n) is 6.32. The average Bonchev–Trinajstić information content (AvgIpc) is 3.06. The Kier molecular flexibility index (Phi) is 5.80. The maximum atomic E-state index is 12.8. The number of nitrogens with one attached hydrogen (secondary N) is 2. The Labute approximate surface area is 166 Å². The van der Waals surface area contributed by atoms with Crippen LogP contribution in [0.2, 0.25) is 0 Å². The third kappa shape index (κ3) is 4.14. The normalized spacial score (nSPS) is 19.8. The van der Waals surface area contributed by atoms with Crippen molar-refractivity contribution in [3.63, 3.8) is 0 Å². The summed E-state index contributed by atoms with van der Waals surface area (Å²) in [7, 11) is 3.66. The van der Waals surface area contributed by atoms with Crippen LogP contribution in [-0.2, 0) is 7.05 Å². The minimum atomic E-state index is -0.0876. The molecule has 1 aliphatic carbocycles. The molecule has 7 heteroatoms. The highest BCUT2D eigenvalue weighted by molar-refractivity contribution is 6.04. The van der Waals surface area contributed by atoms with E-state index in [0.717, 1.165) is 48.7 Å². The van der Waals surface area contributed by atoms with E-state index in [2.05, 4.69) is 25.6 Å². The molecule has 7 nitrogen and oxygen atoms in total. The van der Waals surface area contributed by atoms with E-state index >= 15 is 0 Å². The zero-order valence-corrected chi connectivity index (χ0v) is 17.1. The first-order chi connectivity index (χ1) is 13.6. The topological polar surface area (TPSA) is 75.1 Å². The largest absolute Gasteiger partial charge is 0.373 e. The highest BCUT2D eigenvalue weighted by Gasteiger charge is 2.25. The monoisotopic (exact) mass is 384 g/mol. The van der Waals surface area contributed by atoms with Crippen molar-refractivity contribution in [3.8, 4) is 0 Å². The van der Waals surface area contributed by atoms with Crippen LogP contribution >= 0.6 is 0 Å². The minimum Gasteiger partial charge on any atom is -0.373 e. The average molecular weight is 385 g/mol. The summed E-state index contributed by atoms with van der Waals surface area (Å²) >= 11 is 0. The Bertz CT molecular complexity index is 818. The maximum absolute atomic E-state index is 12.8. The van der Waals surface area contributed by atoms with Gasteiger partial charge in [0.1, 0.15) is 5.82 Å². The molecule has 28 heavy (non-hydrogen) atoms. The Morgan fingerprint density at radius 2 is 1.89 bits per heavy atom. The van der Waals surface area contributed by atoms with Crippen LogP contribution in [0.5, 0.6) is 0 Å². The lowest BCUT2D eigenvalue weighted by molar-refractivity contribution is 0.0897. The summed E-state index contributed by atoms with van der Waals surface area (Å²) in [5.41, 5.74) is 1.19. The predicted molar refractivity (Wildman–Crippen MR) is 112 cm³/mol. The van der Waals surface area contributed by atoms with E-state index < -0.39 is 0 Å². The van der Waals surface area contributed by atoms with Crippen LogP contribution in [-0.4, -0.2) is 58.3 Å². The lowest BCUT2D eigenvalue weighted by Gasteiger charge is -2.35. The molecule has 2 aromatic heterocycles. The molecular formula is C21H32N6O. The summed E-state index contributed by atoms with van der Waals surface area (Å²) in [4.78, 5) is 20.0. The van der Waals surface area contributed by atoms with E-state index in [4.69, 9.17) is 0 Å². The first kappa shape index (κ1) is 19.2. The van der Waals surface area contributed by atoms with Gasteiger partial charge in [-0.05, 0) is 43.7 Å². The number of hydrogen-bond acceptors (Lipinski definition) is 5. The predicted octanol–water partition coefficient (Wildman–Crippen LogP) is 2.78. The third-order valence-corrected chi connectivity index (χ3v) is 6.32. The van der Waals surface area contributed by atoms with E-state index in [0.29, 0.717) is 5.69 Å². The second-order valence-electron chi connectivity index (χ2n) is 8.34. The molecule has 1 saturated heterocycles. The summed E-state index contributed by atoms with van der Waals surface area (Å²) in [6.07, 6.45) is 9.05. The number of rotatable bonds is 5. The molecule has 0 aromatic carbocycles. The first-order valence-electron chi connectivity index (χ1n) is 10.7. The van der Waals surface area contributed by atoms with Crippen molar-refractivity contribution in [2.75, 3.05) is 32.0 Å². The van der Waals surface area contributed by atoms with Crippen molar-refractivity contribution in [2.45, 2.75) is 51.0 Å². The van der Waals surface area contributed by atoms with Gasteiger partial charge < -0.3 is 15.5 Å². The molecule has 0 unspecified atom stereocenters. The van der Waals surface area contributed by atoms with Gasteiger partial charge in [0.25, 0.3) is 5.91 Å². The van der Waals surface area contributed by atoms with Gasteiger partial charge in [0, 0.05) is 39.8 Å². The van der Waals surface area contributed by atoms with Gasteiger partial charge in [-0.25, -0.2) is 9.67 Å². The summed E-state index contributed by atoms with van der Waals surface area (Å²) in [6, 6.07) is 4.03. The number of fused-ring (bicyclic) bond motifs is 1. The molecule has 1 aliphatic heterocycles. The molecule has 152 valence electrons. The summed E-state index contributed by atoms with van der Waals surface area (Å²) in [5.74, 6) is 1.57. The van der Waals surface area contributed by atoms with Gasteiger partial charge in [0.2, 0.25) is 0 Å². The number of anilines is 1. The number of piperidine rings is 1. The Balaban J connectivity index is 1.34. The first-order valence-corrected chi connectivity index (χ1v) is 10.7. The van der Waals surface area contributed by atoms with Gasteiger partial charge in [-0.1, -0.05) is 19.3 Å². The van der Waals surface area contributed by atoms with Crippen LogP contribution in [0.4, 0.5) is 5.82 Å². The Hall–Kier alpha value is -2.15. The molecule has 2 N–H and O–H groups in total. The zero-order chi connectivity index (χ0) is 19.5. The number of amides is 1. The number of likely N-dealkylation sites (tertiary alicyclic amines) is 1. The smallest absolute Gasteiger partial charge is 0.272 e. The lowest BCUT2D eigenvalue weighted by atomic mass is 9.88. The fourth-order valence-electron chi connectivity index (χ4n) is 4.69. The van der Waals surface area contributed by atoms with E-state index in [1.807, 2.05) is 26.2 Å². The lowest BCUT2D eigenvalue weighted by Crippen LogP contribution is -2.46. The van der Waals surface area contributed by atoms with Crippen molar-refractivity contribution in [1.82, 2.24) is 25.0 Å². The number of nitrogens with zero attached hydrogens (tertiary/aromatic N) is 4. The molecule has 2 fully saturated rings. The van der Waals surface area contributed by atoms with Crippen LogP contribution in [0.15, 0.2) is 12.1 Å². The highest BCUT2D eigenvalue weighted by Crippen LogP contribution is 2.25. The molecule has 0 atom stereocenters. The molecule has 2 aromatic rings. The quantitative estimate of drug-likeness (QED) is 0.829. The minimum absolute atomic E-state index is 0.0876. The van der Waals surface area contributed by atoms with Gasteiger partial charge in [-0.3, -0.25) is 4.79 Å². The SMILES string of the molecule is CNc1ccc2c(C(=O)NC3CCN(CC4CCCCC4)CC3)nn(C)c2n1. The fraction of sp³-hybridized carbons (Fsp3) is 0.667. The van der Waals surface area contributed by atoms with Gasteiger partial charge >= 0.3 is 0 Å². The van der Waals surface area contributed by atoms with Crippen molar-refractivity contribution in [3.05, 3.63) is 17.8 Å². The molecule has 4 rings (SSSR count). The van der Waals surface area contributed by atoms with Crippen LogP contribution in [0.3, 0.4) is 0 Å². The maximum Gasteiger partial charge on any atom is 0.272 e. The number of pyridine rings is 1. The molecule has 1 saturated carbocycles. The Morgan fingerprint density at radius 3 is 2.61 bits per heavy atom. The summed E-state index contributed by atoms with van der Waals surface area (Å²) in [6.45, 7) is 3.40. The molecule has 2 aliphatic rings. The van der Waals surface area contributed by atoms with Gasteiger partial charge in [-0.15, -0.1) is 0 Å². The Morgan fingerprint density at radius 1 is 1.14 bits per heavy atom.